The summed E-state index contributed by atoms with van der Waals surface area (Å²) >= 11 is 0. The maximum absolute atomic E-state index is 12.1. The van der Waals surface area contributed by atoms with Gasteiger partial charge in [-0.2, -0.15) is 30.3 Å². The van der Waals surface area contributed by atoms with Crippen LogP contribution in [0.2, 0.25) is 0 Å². The first kappa shape index (κ1) is 21.3. The largest absolute Gasteiger partial charge is 1.00 e. The molecule has 0 saturated carbocycles. The number of rotatable bonds is 0. The van der Waals surface area contributed by atoms with Gasteiger partial charge in [0.05, 0.1) is 0 Å². The Kier molecular flexibility index (Phi) is 11.3. The van der Waals surface area contributed by atoms with Crippen LogP contribution in [0.5, 0.6) is 0 Å². The van der Waals surface area contributed by atoms with Crippen LogP contribution in [0.1, 0.15) is 33.3 Å². The molecule has 1 unspecified atom stereocenters. The minimum atomic E-state index is -1.23. The van der Waals surface area contributed by atoms with Gasteiger partial charge in [0.1, 0.15) is 0 Å². The summed E-state index contributed by atoms with van der Waals surface area (Å²) in [6, 6.07) is 10.3. The normalized spacial score (nSPS) is 13.2. The van der Waals surface area contributed by atoms with Crippen LogP contribution in [0.15, 0.2) is 24.3 Å². The van der Waals surface area contributed by atoms with Gasteiger partial charge >= 0.3 is 103 Å². The summed E-state index contributed by atoms with van der Waals surface area (Å²) in [5.41, 5.74) is -0.759. The smallest absolute Gasteiger partial charge is 0.840 e. The molecule has 0 radical (unpaired) electrons. The summed E-state index contributed by atoms with van der Waals surface area (Å²) in [6.07, 6.45) is 0. The van der Waals surface area contributed by atoms with Crippen molar-refractivity contribution in [1.82, 2.24) is 0 Å². The minimum Gasteiger partial charge on any atom is -0.840 e. The van der Waals surface area contributed by atoms with E-state index in [0.717, 1.165) is 5.56 Å². The first-order valence-electron chi connectivity index (χ1n) is 5.03. The van der Waals surface area contributed by atoms with Gasteiger partial charge in [0.25, 0.3) is 0 Å². The molecular formula is C14H16K2O. The van der Waals surface area contributed by atoms with Crippen LogP contribution < -0.4 is 108 Å². The van der Waals surface area contributed by atoms with Crippen LogP contribution in [-0.2, 0) is 0 Å². The molecule has 1 nitrogen and oxygen atoms in total. The Morgan fingerprint density at radius 3 is 2.18 bits per heavy atom. The molecule has 0 aliphatic heterocycles. The summed E-state index contributed by atoms with van der Waals surface area (Å²) < 4.78 is 0. The second kappa shape index (κ2) is 9.04. The SMILES string of the molecule is CC(C)(C)C(C)([O-])C#Cc1c[c-]ccc1.[K+].[K+]. The zero-order chi connectivity index (χ0) is 11.5. The van der Waals surface area contributed by atoms with E-state index in [9.17, 15) is 5.11 Å². The average molecular weight is 278 g/mol. The van der Waals surface area contributed by atoms with Crippen molar-refractivity contribution in [2.75, 3.05) is 0 Å². The molecule has 1 aromatic rings. The molecule has 0 spiro atoms. The number of hydrogen-bond acceptors (Lipinski definition) is 1. The van der Waals surface area contributed by atoms with E-state index in [-0.39, 0.29) is 108 Å². The minimum absolute atomic E-state index is 0. The molecule has 80 valence electrons. The van der Waals surface area contributed by atoms with Crippen molar-refractivity contribution in [2.24, 2.45) is 5.41 Å². The van der Waals surface area contributed by atoms with E-state index in [1.807, 2.05) is 39.0 Å². The molecule has 0 aliphatic carbocycles. The molecule has 1 rings (SSSR count). The van der Waals surface area contributed by atoms with Gasteiger partial charge in [-0.15, -0.1) is 11.8 Å². The summed E-state index contributed by atoms with van der Waals surface area (Å²) in [5.74, 6) is 5.69. The second-order valence-electron chi connectivity index (χ2n) is 4.83. The van der Waals surface area contributed by atoms with Crippen LogP contribution >= 0.6 is 0 Å². The van der Waals surface area contributed by atoms with E-state index in [0.29, 0.717) is 0 Å². The maximum Gasteiger partial charge on any atom is 1.00 e. The van der Waals surface area contributed by atoms with Gasteiger partial charge < -0.3 is 5.11 Å². The molecule has 0 fully saturated rings. The van der Waals surface area contributed by atoms with Crippen molar-refractivity contribution < 1.29 is 108 Å². The third kappa shape index (κ3) is 7.38. The third-order valence-electron chi connectivity index (χ3n) is 2.58. The Morgan fingerprint density at radius 2 is 1.76 bits per heavy atom. The second-order valence-corrected chi connectivity index (χ2v) is 4.83. The van der Waals surface area contributed by atoms with Crippen molar-refractivity contribution in [3.05, 3.63) is 35.9 Å². The predicted molar refractivity (Wildman–Crippen MR) is 60.0 cm³/mol. The monoisotopic (exact) mass is 278 g/mol. The van der Waals surface area contributed by atoms with Crippen molar-refractivity contribution in [1.29, 1.82) is 0 Å². The van der Waals surface area contributed by atoms with Crippen LogP contribution in [-0.4, -0.2) is 5.60 Å². The Morgan fingerprint density at radius 1 is 1.18 bits per heavy atom. The van der Waals surface area contributed by atoms with Crippen molar-refractivity contribution >= 4 is 0 Å². The maximum atomic E-state index is 12.1. The van der Waals surface area contributed by atoms with Gasteiger partial charge in [-0.1, -0.05) is 33.3 Å². The van der Waals surface area contributed by atoms with E-state index in [2.05, 4.69) is 17.9 Å². The van der Waals surface area contributed by atoms with Crippen molar-refractivity contribution in [3.63, 3.8) is 0 Å². The van der Waals surface area contributed by atoms with Gasteiger partial charge in [0.15, 0.2) is 0 Å². The van der Waals surface area contributed by atoms with E-state index < -0.39 is 5.60 Å². The van der Waals surface area contributed by atoms with E-state index in [4.69, 9.17) is 0 Å². The fourth-order valence-corrected chi connectivity index (χ4v) is 0.850. The molecule has 0 N–H and O–H groups in total. The molecule has 0 aromatic heterocycles. The van der Waals surface area contributed by atoms with Crippen LogP contribution in [0, 0.1) is 23.3 Å². The zero-order valence-corrected chi connectivity index (χ0v) is 18.0. The van der Waals surface area contributed by atoms with Crippen LogP contribution in [0.3, 0.4) is 0 Å². The fourth-order valence-electron chi connectivity index (χ4n) is 0.850. The summed E-state index contributed by atoms with van der Waals surface area (Å²) in [5, 5.41) is 12.1. The van der Waals surface area contributed by atoms with Crippen LogP contribution in [0.4, 0.5) is 0 Å². The number of benzene rings is 1. The Bertz CT molecular complexity index is 380. The van der Waals surface area contributed by atoms with Gasteiger partial charge in [0, 0.05) is 0 Å². The van der Waals surface area contributed by atoms with Gasteiger partial charge in [-0.05, 0) is 11.0 Å². The quantitative estimate of drug-likeness (QED) is 0.270. The molecule has 0 aliphatic rings. The topological polar surface area (TPSA) is 23.1 Å². The third-order valence-corrected chi connectivity index (χ3v) is 2.58. The van der Waals surface area contributed by atoms with Gasteiger partial charge in [-0.25, -0.2) is 0 Å². The molecule has 0 saturated heterocycles. The van der Waals surface area contributed by atoms with Crippen LogP contribution in [0.25, 0.3) is 0 Å². The van der Waals surface area contributed by atoms with E-state index >= 15 is 0 Å². The molecular weight excluding hydrogens is 262 g/mol. The molecule has 1 aromatic carbocycles. The Hall–Kier alpha value is 2.01. The van der Waals surface area contributed by atoms with Gasteiger partial charge in [0.2, 0.25) is 0 Å². The molecule has 0 bridgehead atoms. The van der Waals surface area contributed by atoms with E-state index in [1.165, 1.54) is 0 Å². The van der Waals surface area contributed by atoms with E-state index in [1.54, 1.807) is 13.0 Å². The average Bonchev–Trinajstić information content (AvgIpc) is 2.15. The molecule has 3 heteroatoms. The summed E-state index contributed by atoms with van der Waals surface area (Å²) in [6.45, 7) is 7.36. The van der Waals surface area contributed by atoms with Crippen molar-refractivity contribution in [2.45, 2.75) is 33.3 Å². The first-order chi connectivity index (χ1) is 6.83. The Labute approximate surface area is 190 Å². The predicted octanol–water partition coefficient (Wildman–Crippen LogP) is -3.99. The molecule has 1 atom stereocenters. The summed E-state index contributed by atoms with van der Waals surface area (Å²) in [4.78, 5) is 0. The summed E-state index contributed by atoms with van der Waals surface area (Å²) in [7, 11) is 0. The molecule has 0 heterocycles. The first-order valence-corrected chi connectivity index (χ1v) is 5.03. The van der Waals surface area contributed by atoms with Gasteiger partial charge in [-0.3, -0.25) is 0 Å². The Balaban J connectivity index is 0. The van der Waals surface area contributed by atoms with Crippen molar-refractivity contribution in [3.8, 4) is 11.8 Å². The fraction of sp³-hybridized carbons (Fsp3) is 0.429. The zero-order valence-electron chi connectivity index (χ0n) is 11.7. The number of hydrogen-bond donors (Lipinski definition) is 0. The molecule has 17 heavy (non-hydrogen) atoms. The molecule has 0 amide bonds. The standard InChI is InChI=1S/C14H16O.2K/c1-13(2,3)14(4,15)11-10-12-8-6-5-7-9-12;;/h5-6,8-9H,1-4H3;;/q-2;2*+1.